The molecule has 1 aromatic carbocycles. The molecule has 1 fully saturated rings. The highest BCUT2D eigenvalue weighted by atomic mass is 32.1. The van der Waals surface area contributed by atoms with Crippen molar-refractivity contribution in [1.29, 1.82) is 0 Å². The van der Waals surface area contributed by atoms with Gasteiger partial charge in [-0.2, -0.15) is 18.2 Å². The molecule has 152 valence electrons. The second kappa shape index (κ2) is 7.13. The fourth-order valence-electron chi connectivity index (χ4n) is 3.07. The maximum Gasteiger partial charge on any atom is 0.419 e. The maximum absolute atomic E-state index is 13.5. The third kappa shape index (κ3) is 4.37. The summed E-state index contributed by atoms with van der Waals surface area (Å²) in [4.78, 5) is 18.2. The van der Waals surface area contributed by atoms with Crippen molar-refractivity contribution in [3.8, 4) is 0 Å². The lowest BCUT2D eigenvalue weighted by Gasteiger charge is -2.17. The molecule has 0 N–H and O–H groups in total. The molecular weight excluding hydrogens is 392 g/mol. The van der Waals surface area contributed by atoms with Crippen LogP contribution in [0.5, 0.6) is 0 Å². The van der Waals surface area contributed by atoms with Crippen LogP contribution in [0.15, 0.2) is 23.2 Å². The van der Waals surface area contributed by atoms with Gasteiger partial charge >= 0.3 is 6.18 Å². The number of nitrogens with zero attached hydrogens (tertiary/aromatic N) is 2. The second-order valence-corrected chi connectivity index (χ2v) is 9.19. The smallest absolute Gasteiger partial charge is 0.320 e. The van der Waals surface area contributed by atoms with E-state index in [2.05, 4.69) is 25.8 Å². The highest BCUT2D eigenvalue weighted by Crippen LogP contribution is 2.34. The number of thiazole rings is 1. The van der Waals surface area contributed by atoms with Crippen LogP contribution in [0.4, 0.5) is 17.6 Å². The number of carbonyl (C=O) groups excluding carboxylic acids is 1. The van der Waals surface area contributed by atoms with Crippen LogP contribution in [0, 0.1) is 18.7 Å². The quantitative estimate of drug-likeness (QED) is 0.614. The first-order chi connectivity index (χ1) is 12.9. The predicted octanol–water partition coefficient (Wildman–Crippen LogP) is 5.46. The lowest BCUT2D eigenvalue weighted by molar-refractivity contribution is -0.140. The fraction of sp³-hybridized carbons (Fsp3) is 0.500. The minimum Gasteiger partial charge on any atom is -0.320 e. The van der Waals surface area contributed by atoms with E-state index in [0.29, 0.717) is 22.9 Å². The summed E-state index contributed by atoms with van der Waals surface area (Å²) in [6, 6.07) is 2.22. The molecule has 0 bridgehead atoms. The van der Waals surface area contributed by atoms with E-state index in [1.54, 1.807) is 0 Å². The first-order valence-electron chi connectivity index (χ1n) is 9.04. The molecule has 1 heterocycles. The summed E-state index contributed by atoms with van der Waals surface area (Å²) in [6.07, 6.45) is -2.63. The molecule has 0 atom stereocenters. The molecule has 0 spiro atoms. The van der Waals surface area contributed by atoms with Crippen molar-refractivity contribution < 1.29 is 22.4 Å². The average Bonchev–Trinajstić information content (AvgIpc) is 3.32. The van der Waals surface area contributed by atoms with E-state index >= 15 is 0 Å². The van der Waals surface area contributed by atoms with Crippen molar-refractivity contribution in [2.24, 2.45) is 10.9 Å². The molecule has 1 aliphatic rings. The Balaban J connectivity index is 2.07. The van der Waals surface area contributed by atoms with Crippen LogP contribution in [0.2, 0.25) is 0 Å². The number of amides is 1. The molecule has 1 aromatic heterocycles. The normalized spacial score (nSPS) is 15.9. The van der Waals surface area contributed by atoms with Gasteiger partial charge in [0.25, 0.3) is 5.91 Å². The number of hydrogen-bond acceptors (Lipinski definition) is 2. The summed E-state index contributed by atoms with van der Waals surface area (Å²) in [5, 5.41) is 0. The molecule has 0 unspecified atom stereocenters. The maximum atomic E-state index is 13.5. The first-order valence-corrected chi connectivity index (χ1v) is 9.86. The van der Waals surface area contributed by atoms with Gasteiger partial charge in [0.2, 0.25) is 0 Å². The molecule has 28 heavy (non-hydrogen) atoms. The van der Waals surface area contributed by atoms with Crippen molar-refractivity contribution in [2.75, 3.05) is 0 Å². The van der Waals surface area contributed by atoms with Gasteiger partial charge in [-0.1, -0.05) is 20.8 Å². The number of hydrogen-bond donors (Lipinski definition) is 0. The third-order valence-corrected chi connectivity index (χ3v) is 6.30. The van der Waals surface area contributed by atoms with Crippen molar-refractivity contribution in [2.45, 2.75) is 58.7 Å². The van der Waals surface area contributed by atoms with E-state index < -0.39 is 23.5 Å². The van der Waals surface area contributed by atoms with Crippen LogP contribution in [0.1, 0.15) is 60.1 Å². The zero-order valence-corrected chi connectivity index (χ0v) is 17.0. The third-order valence-electron chi connectivity index (χ3n) is 4.69. The molecule has 0 aliphatic heterocycles. The summed E-state index contributed by atoms with van der Waals surface area (Å²) < 4.78 is 54.3. The molecular formula is C20H22F4N2OS. The Morgan fingerprint density at radius 2 is 1.89 bits per heavy atom. The number of rotatable bonds is 3. The van der Waals surface area contributed by atoms with Gasteiger partial charge in [-0.3, -0.25) is 4.79 Å². The molecule has 0 radical (unpaired) electrons. The summed E-state index contributed by atoms with van der Waals surface area (Å²) in [6.45, 7) is 8.90. The summed E-state index contributed by atoms with van der Waals surface area (Å²) >= 11 is 1.38. The standard InChI is InChI=1S/C20H22F4N2OS/c1-11-16(19(2,3)4)28-18(26(11)10-12-5-6-12)25-17(27)13-7-8-15(21)14(9-13)20(22,23)24/h7-9,12H,5-6,10H2,1-4H3/b25-18-. The molecule has 8 heteroatoms. The molecule has 0 saturated heterocycles. The van der Waals surface area contributed by atoms with E-state index in [1.807, 2.05) is 11.5 Å². The van der Waals surface area contributed by atoms with Gasteiger partial charge in [0.1, 0.15) is 5.82 Å². The van der Waals surface area contributed by atoms with Gasteiger partial charge < -0.3 is 4.57 Å². The van der Waals surface area contributed by atoms with E-state index in [9.17, 15) is 22.4 Å². The molecule has 3 rings (SSSR count). The minimum absolute atomic E-state index is 0.143. The predicted molar refractivity (Wildman–Crippen MR) is 99.8 cm³/mol. The zero-order chi connectivity index (χ0) is 20.9. The lowest BCUT2D eigenvalue weighted by Crippen LogP contribution is -2.20. The summed E-state index contributed by atoms with van der Waals surface area (Å²) in [5.41, 5.74) is -0.867. The number of halogens is 4. The topological polar surface area (TPSA) is 34.4 Å². The van der Waals surface area contributed by atoms with Crippen LogP contribution in [0.25, 0.3) is 0 Å². The average molecular weight is 414 g/mol. The van der Waals surface area contributed by atoms with Crippen LogP contribution in [-0.2, 0) is 18.1 Å². The molecule has 3 nitrogen and oxygen atoms in total. The number of carbonyl (C=O) groups is 1. The Morgan fingerprint density at radius 1 is 1.25 bits per heavy atom. The zero-order valence-electron chi connectivity index (χ0n) is 16.2. The van der Waals surface area contributed by atoms with Gasteiger partial charge in [-0.05, 0) is 49.3 Å². The SMILES string of the molecule is Cc1c(C(C)(C)C)s/c(=N\C(=O)c2ccc(F)c(C(F)(F)F)c2)n1CC1CC1. The van der Waals surface area contributed by atoms with Crippen LogP contribution < -0.4 is 4.80 Å². The Hall–Kier alpha value is -1.96. The van der Waals surface area contributed by atoms with Gasteiger partial charge in [-0.25, -0.2) is 4.39 Å². The van der Waals surface area contributed by atoms with Crippen LogP contribution in [0.3, 0.4) is 0 Å². The second-order valence-electron chi connectivity index (χ2n) is 8.21. The molecule has 1 aliphatic carbocycles. The Labute approximate surface area is 164 Å². The van der Waals surface area contributed by atoms with Crippen molar-refractivity contribution >= 4 is 17.2 Å². The minimum atomic E-state index is -4.87. The first kappa shape index (κ1) is 20.8. The number of alkyl halides is 3. The van der Waals surface area contributed by atoms with Gasteiger partial charge in [0.15, 0.2) is 4.80 Å². The van der Waals surface area contributed by atoms with E-state index in [0.717, 1.165) is 36.0 Å². The molecule has 1 saturated carbocycles. The molecule has 2 aromatic rings. The summed E-state index contributed by atoms with van der Waals surface area (Å²) in [7, 11) is 0. The van der Waals surface area contributed by atoms with Gasteiger partial charge in [-0.15, -0.1) is 11.3 Å². The van der Waals surface area contributed by atoms with Crippen molar-refractivity contribution in [1.82, 2.24) is 4.57 Å². The molecule has 1 amide bonds. The highest BCUT2D eigenvalue weighted by molar-refractivity contribution is 7.09. The Kier molecular flexibility index (Phi) is 5.29. The van der Waals surface area contributed by atoms with Gasteiger partial charge in [0.05, 0.1) is 5.56 Å². The van der Waals surface area contributed by atoms with E-state index in [4.69, 9.17) is 0 Å². The lowest BCUT2D eigenvalue weighted by atomic mass is 9.93. The Morgan fingerprint density at radius 3 is 2.43 bits per heavy atom. The Bertz CT molecular complexity index is 976. The number of benzene rings is 1. The largest absolute Gasteiger partial charge is 0.419 e. The van der Waals surface area contributed by atoms with E-state index in [-0.39, 0.29) is 11.0 Å². The van der Waals surface area contributed by atoms with Gasteiger partial charge in [0, 0.05) is 22.7 Å². The van der Waals surface area contributed by atoms with Crippen LogP contribution in [-0.4, -0.2) is 10.5 Å². The number of aromatic nitrogens is 1. The monoisotopic (exact) mass is 414 g/mol. The summed E-state index contributed by atoms with van der Waals surface area (Å²) in [5.74, 6) is -1.68. The highest BCUT2D eigenvalue weighted by Gasteiger charge is 2.35. The fourth-order valence-corrected chi connectivity index (χ4v) is 4.26. The van der Waals surface area contributed by atoms with Crippen LogP contribution >= 0.6 is 11.3 Å². The van der Waals surface area contributed by atoms with E-state index in [1.165, 1.54) is 11.3 Å². The van der Waals surface area contributed by atoms with Crippen molar-refractivity contribution in [3.63, 3.8) is 0 Å². The van der Waals surface area contributed by atoms with Crippen molar-refractivity contribution in [3.05, 3.63) is 50.5 Å².